The molecule has 2 aliphatic rings. The van der Waals surface area contributed by atoms with Crippen molar-refractivity contribution in [1.29, 1.82) is 0 Å². The minimum atomic E-state index is -4.05. The van der Waals surface area contributed by atoms with Gasteiger partial charge in [0.15, 0.2) is 17.2 Å². The van der Waals surface area contributed by atoms with Crippen LogP contribution in [0.2, 0.25) is 0 Å². The van der Waals surface area contributed by atoms with E-state index in [4.69, 9.17) is 14.2 Å². The summed E-state index contributed by atoms with van der Waals surface area (Å²) in [6, 6.07) is 8.22. The maximum atomic E-state index is 12.7. The monoisotopic (exact) mass is 406 g/mol. The number of hydrogen-bond acceptors (Lipinski definition) is 7. The number of nitro groups is 1. The molecule has 1 spiro atoms. The largest absolute Gasteiger partial charge is 0.490 e. The summed E-state index contributed by atoms with van der Waals surface area (Å²) >= 11 is 0. The number of hydrogen-bond donors (Lipinski definition) is 1. The predicted molar refractivity (Wildman–Crippen MR) is 99.4 cm³/mol. The minimum absolute atomic E-state index is 0.0195. The van der Waals surface area contributed by atoms with Crippen LogP contribution in [0.4, 0.5) is 11.4 Å². The van der Waals surface area contributed by atoms with Gasteiger partial charge in [0.2, 0.25) is 0 Å². The molecule has 1 aliphatic carbocycles. The highest BCUT2D eigenvalue weighted by Crippen LogP contribution is 2.47. The van der Waals surface area contributed by atoms with Gasteiger partial charge in [-0.25, -0.2) is 8.42 Å². The molecule has 148 valence electrons. The Hall–Kier alpha value is -3.01. The van der Waals surface area contributed by atoms with Crippen molar-refractivity contribution in [2.75, 3.05) is 11.8 Å². The average molecular weight is 406 g/mol. The zero-order chi connectivity index (χ0) is 19.9. The van der Waals surface area contributed by atoms with Crippen molar-refractivity contribution in [1.82, 2.24) is 0 Å². The van der Waals surface area contributed by atoms with Gasteiger partial charge >= 0.3 is 5.69 Å². The van der Waals surface area contributed by atoms with Crippen LogP contribution in [-0.4, -0.2) is 26.2 Å². The zero-order valence-corrected chi connectivity index (χ0v) is 15.8. The molecule has 0 bridgehead atoms. The van der Waals surface area contributed by atoms with E-state index in [1.54, 1.807) is 18.2 Å². The summed E-state index contributed by atoms with van der Waals surface area (Å²) in [5, 5.41) is 11.1. The minimum Gasteiger partial charge on any atom is -0.490 e. The Morgan fingerprint density at radius 1 is 1.11 bits per heavy atom. The van der Waals surface area contributed by atoms with Crippen LogP contribution in [0.3, 0.4) is 0 Å². The normalized spacial score (nSPS) is 16.9. The Morgan fingerprint density at radius 2 is 1.82 bits per heavy atom. The van der Waals surface area contributed by atoms with E-state index in [2.05, 4.69) is 4.72 Å². The summed E-state index contributed by atoms with van der Waals surface area (Å²) in [4.78, 5) is 10.2. The van der Waals surface area contributed by atoms with E-state index < -0.39 is 26.4 Å². The first-order chi connectivity index (χ1) is 13.3. The number of sulfonamides is 1. The molecule has 0 radical (unpaired) electrons. The topological polar surface area (TPSA) is 117 Å². The molecule has 0 atom stereocenters. The van der Waals surface area contributed by atoms with E-state index in [9.17, 15) is 18.5 Å². The first-order valence-electron chi connectivity index (χ1n) is 8.69. The Kier molecular flexibility index (Phi) is 4.30. The van der Waals surface area contributed by atoms with Crippen molar-refractivity contribution in [3.05, 3.63) is 46.5 Å². The first kappa shape index (κ1) is 18.4. The lowest BCUT2D eigenvalue weighted by Gasteiger charge is -2.21. The average Bonchev–Trinajstić information content (AvgIpc) is 3.26. The van der Waals surface area contributed by atoms with Crippen LogP contribution in [0.15, 0.2) is 41.3 Å². The maximum absolute atomic E-state index is 12.7. The molecule has 1 fully saturated rings. The van der Waals surface area contributed by atoms with Crippen LogP contribution in [0.1, 0.15) is 25.7 Å². The fraction of sp³-hybridized carbons (Fsp3) is 0.333. The second-order valence-electron chi connectivity index (χ2n) is 6.68. The molecule has 9 nitrogen and oxygen atoms in total. The van der Waals surface area contributed by atoms with Gasteiger partial charge in [-0.3, -0.25) is 14.8 Å². The number of nitro benzene ring substituents is 1. The molecular weight excluding hydrogens is 388 g/mol. The van der Waals surface area contributed by atoms with Crippen molar-refractivity contribution >= 4 is 21.4 Å². The number of ether oxygens (including phenoxy) is 3. The molecule has 0 saturated heterocycles. The molecule has 1 heterocycles. The number of rotatable bonds is 5. The van der Waals surface area contributed by atoms with Gasteiger partial charge in [0.1, 0.15) is 0 Å². The molecule has 4 rings (SSSR count). The smallest absolute Gasteiger partial charge is 0.312 e. The van der Waals surface area contributed by atoms with Gasteiger partial charge < -0.3 is 14.2 Å². The summed E-state index contributed by atoms with van der Waals surface area (Å²) in [5.41, 5.74) is -0.157. The molecule has 1 N–H and O–H groups in total. The summed E-state index contributed by atoms with van der Waals surface area (Å²) in [7, 11) is -2.77. The van der Waals surface area contributed by atoms with Crippen molar-refractivity contribution in [3.8, 4) is 17.2 Å². The Morgan fingerprint density at radius 3 is 2.50 bits per heavy atom. The van der Waals surface area contributed by atoms with Gasteiger partial charge in [0.05, 0.1) is 22.6 Å². The molecular formula is C18H18N2O7S. The van der Waals surface area contributed by atoms with Gasteiger partial charge in [-0.15, -0.1) is 0 Å². The van der Waals surface area contributed by atoms with Crippen LogP contribution < -0.4 is 18.9 Å². The number of nitrogens with zero attached hydrogens (tertiary/aromatic N) is 1. The molecule has 0 unspecified atom stereocenters. The molecule has 0 amide bonds. The maximum Gasteiger partial charge on any atom is 0.312 e. The van der Waals surface area contributed by atoms with Gasteiger partial charge in [0.25, 0.3) is 15.8 Å². The highest BCUT2D eigenvalue weighted by molar-refractivity contribution is 7.92. The van der Waals surface area contributed by atoms with E-state index in [1.807, 2.05) is 0 Å². The quantitative estimate of drug-likeness (QED) is 0.597. The number of nitrogens with one attached hydrogen (secondary N) is 1. The summed E-state index contributed by atoms with van der Waals surface area (Å²) in [5.74, 6) is 0.387. The van der Waals surface area contributed by atoms with Gasteiger partial charge in [0, 0.05) is 25.0 Å². The van der Waals surface area contributed by atoms with E-state index in [0.717, 1.165) is 31.7 Å². The summed E-state index contributed by atoms with van der Waals surface area (Å²) in [6.07, 6.45) is 3.62. The third-order valence-corrected chi connectivity index (χ3v) is 6.19. The Labute approximate surface area is 161 Å². The second-order valence-corrected chi connectivity index (χ2v) is 8.36. The highest BCUT2D eigenvalue weighted by Gasteiger charge is 2.44. The van der Waals surface area contributed by atoms with Crippen molar-refractivity contribution in [2.24, 2.45) is 0 Å². The summed E-state index contributed by atoms with van der Waals surface area (Å²) < 4.78 is 44.5. The predicted octanol–water partition coefficient (Wildman–Crippen LogP) is 3.45. The van der Waals surface area contributed by atoms with Crippen LogP contribution in [-0.2, 0) is 10.0 Å². The third kappa shape index (κ3) is 3.19. The Bertz CT molecular complexity index is 1050. The molecule has 1 aliphatic heterocycles. The number of methoxy groups -OCH3 is 1. The Balaban J connectivity index is 1.60. The first-order valence-corrected chi connectivity index (χ1v) is 10.2. The van der Waals surface area contributed by atoms with Crippen molar-refractivity contribution in [3.63, 3.8) is 0 Å². The molecule has 10 heteroatoms. The van der Waals surface area contributed by atoms with Crippen LogP contribution in [0.5, 0.6) is 17.2 Å². The molecule has 2 aromatic rings. The number of benzene rings is 2. The van der Waals surface area contributed by atoms with E-state index >= 15 is 0 Å². The van der Waals surface area contributed by atoms with Gasteiger partial charge in [-0.2, -0.15) is 0 Å². The molecule has 2 aromatic carbocycles. The van der Waals surface area contributed by atoms with Gasteiger partial charge in [-0.05, 0) is 37.1 Å². The number of fused-ring (bicyclic) bond motifs is 1. The standard InChI is InChI=1S/C18H18N2O7S/c1-25-15-7-5-13(11-14(15)20(21)22)28(23,24)19-12-4-6-16-17(10-12)27-18(26-16)8-2-3-9-18/h4-7,10-11,19H,2-3,8-9H2,1H3. The summed E-state index contributed by atoms with van der Waals surface area (Å²) in [6.45, 7) is 0. The van der Waals surface area contributed by atoms with E-state index in [1.165, 1.54) is 19.2 Å². The SMILES string of the molecule is COc1ccc(S(=O)(=O)Nc2ccc3c(c2)OC2(CCCC2)O3)cc1[N+](=O)[O-]. The lowest BCUT2D eigenvalue weighted by molar-refractivity contribution is -0.386. The number of anilines is 1. The molecule has 1 saturated carbocycles. The fourth-order valence-corrected chi connectivity index (χ4v) is 4.54. The van der Waals surface area contributed by atoms with Crippen LogP contribution >= 0.6 is 0 Å². The second kappa shape index (κ2) is 6.55. The van der Waals surface area contributed by atoms with Crippen LogP contribution in [0.25, 0.3) is 0 Å². The zero-order valence-electron chi connectivity index (χ0n) is 15.0. The lowest BCUT2D eigenvalue weighted by Crippen LogP contribution is -2.34. The third-order valence-electron chi connectivity index (χ3n) is 4.81. The fourth-order valence-electron chi connectivity index (χ4n) is 3.47. The lowest BCUT2D eigenvalue weighted by atomic mass is 10.2. The van der Waals surface area contributed by atoms with Crippen LogP contribution in [0, 0.1) is 10.1 Å². The highest BCUT2D eigenvalue weighted by atomic mass is 32.2. The molecule has 0 aromatic heterocycles. The van der Waals surface area contributed by atoms with Crippen molar-refractivity contribution in [2.45, 2.75) is 36.4 Å². The van der Waals surface area contributed by atoms with E-state index in [0.29, 0.717) is 11.5 Å². The van der Waals surface area contributed by atoms with Gasteiger partial charge in [-0.1, -0.05) is 0 Å². The van der Waals surface area contributed by atoms with Crippen molar-refractivity contribution < 1.29 is 27.6 Å². The van der Waals surface area contributed by atoms with E-state index in [-0.39, 0.29) is 16.3 Å². The molecule has 28 heavy (non-hydrogen) atoms.